The molecular weight excluding hydrogens is 607 g/mol. The van der Waals surface area contributed by atoms with Crippen LogP contribution in [0.4, 0.5) is 10.1 Å². The van der Waals surface area contributed by atoms with E-state index in [4.69, 9.17) is 14.9 Å². The highest BCUT2D eigenvalue weighted by molar-refractivity contribution is 6.09. The molecule has 0 spiro atoms. The summed E-state index contributed by atoms with van der Waals surface area (Å²) in [5, 5.41) is 17.7. The number of benzene rings is 2. The largest absolute Gasteiger partial charge is 0.489 e. The maximum atomic E-state index is 13.7. The number of rotatable bonds is 8. The number of pyridine rings is 2. The summed E-state index contributed by atoms with van der Waals surface area (Å²) in [7, 11) is 0. The van der Waals surface area contributed by atoms with Gasteiger partial charge in [-0.05, 0) is 81.8 Å². The van der Waals surface area contributed by atoms with Gasteiger partial charge in [-0.15, -0.1) is 0 Å². The number of hydrogen-bond donors (Lipinski definition) is 4. The molecule has 0 saturated carbocycles. The number of amides is 3. The first-order valence-corrected chi connectivity index (χ1v) is 14.6. The van der Waals surface area contributed by atoms with Crippen LogP contribution in [-0.2, 0) is 15.8 Å². The summed E-state index contributed by atoms with van der Waals surface area (Å²) in [5.74, 6) is -2.10. The van der Waals surface area contributed by atoms with E-state index in [2.05, 4.69) is 25.6 Å². The van der Waals surface area contributed by atoms with Gasteiger partial charge in [-0.2, -0.15) is 0 Å². The summed E-state index contributed by atoms with van der Waals surface area (Å²) in [4.78, 5) is 52.0. The number of primary amides is 1. The molecule has 5 aromatic rings. The molecule has 0 radical (unpaired) electrons. The summed E-state index contributed by atoms with van der Waals surface area (Å²) < 4.78 is 24.8. The van der Waals surface area contributed by atoms with Crippen LogP contribution < -0.4 is 21.1 Å². The van der Waals surface area contributed by atoms with Crippen LogP contribution in [0.25, 0.3) is 22.2 Å². The lowest BCUT2D eigenvalue weighted by atomic mass is 9.82. The van der Waals surface area contributed by atoms with Crippen LogP contribution in [-0.4, -0.2) is 50.9 Å². The van der Waals surface area contributed by atoms with E-state index in [1.807, 2.05) is 13.0 Å². The molecule has 1 aliphatic heterocycles. The van der Waals surface area contributed by atoms with Gasteiger partial charge in [-0.3, -0.25) is 19.4 Å². The molecule has 2 atom stereocenters. The molecule has 0 saturated heterocycles. The third-order valence-electron chi connectivity index (χ3n) is 8.12. The maximum Gasteiger partial charge on any atom is 0.311 e. The Labute approximate surface area is 268 Å². The van der Waals surface area contributed by atoms with Crippen molar-refractivity contribution in [1.82, 2.24) is 20.3 Å². The van der Waals surface area contributed by atoms with Crippen molar-refractivity contribution in [2.45, 2.75) is 38.7 Å². The smallest absolute Gasteiger partial charge is 0.311 e. The lowest BCUT2D eigenvalue weighted by molar-refractivity contribution is -0.123. The molecule has 4 heterocycles. The van der Waals surface area contributed by atoms with Gasteiger partial charge in [-0.25, -0.2) is 14.4 Å². The third kappa shape index (κ3) is 5.88. The van der Waals surface area contributed by atoms with Gasteiger partial charge < -0.3 is 30.6 Å². The number of aromatic nitrogens is 3. The van der Waals surface area contributed by atoms with Crippen molar-refractivity contribution < 1.29 is 33.0 Å². The van der Waals surface area contributed by atoms with Crippen molar-refractivity contribution in [3.05, 3.63) is 101 Å². The van der Waals surface area contributed by atoms with Crippen LogP contribution in [0.5, 0.6) is 5.75 Å². The fourth-order valence-corrected chi connectivity index (χ4v) is 5.33. The van der Waals surface area contributed by atoms with Crippen molar-refractivity contribution >= 4 is 34.3 Å². The Morgan fingerprint density at radius 1 is 1.09 bits per heavy atom. The number of carbonyl (C=O) groups is 3. The average molecular weight is 639 g/mol. The Kier molecular flexibility index (Phi) is 7.72. The van der Waals surface area contributed by atoms with Crippen molar-refractivity contribution in [2.75, 3.05) is 18.5 Å². The van der Waals surface area contributed by atoms with Gasteiger partial charge in [0.15, 0.2) is 0 Å². The van der Waals surface area contributed by atoms with Crippen molar-refractivity contribution in [1.29, 1.82) is 0 Å². The van der Waals surface area contributed by atoms with Gasteiger partial charge >= 0.3 is 5.91 Å². The first-order valence-electron chi connectivity index (χ1n) is 14.6. The molecule has 240 valence electrons. The number of nitrogens with one attached hydrogen (secondary N) is 2. The number of aryl methyl sites for hydroxylation is 2. The quantitative estimate of drug-likeness (QED) is 0.195. The second-order valence-corrected chi connectivity index (χ2v) is 12.0. The van der Waals surface area contributed by atoms with E-state index < -0.39 is 34.6 Å². The third-order valence-corrected chi connectivity index (χ3v) is 8.12. The lowest BCUT2D eigenvalue weighted by Crippen LogP contribution is -2.41. The first-order chi connectivity index (χ1) is 22.2. The Hall–Kier alpha value is -5.69. The average Bonchev–Trinajstić information content (AvgIpc) is 3.63. The van der Waals surface area contributed by atoms with Crippen molar-refractivity contribution in [3.8, 4) is 17.0 Å². The number of anilines is 1. The molecule has 0 bridgehead atoms. The van der Waals surface area contributed by atoms with Crippen LogP contribution >= 0.6 is 0 Å². The molecule has 13 heteroatoms. The normalized spacial score (nSPS) is 16.6. The minimum absolute atomic E-state index is 0.0410. The molecule has 2 aromatic carbocycles. The van der Waals surface area contributed by atoms with Gasteiger partial charge in [0.05, 0.1) is 29.1 Å². The predicted octanol–water partition coefficient (Wildman–Crippen LogP) is 4.07. The summed E-state index contributed by atoms with van der Waals surface area (Å²) in [5.41, 5.74) is 6.36. The molecule has 1 aliphatic rings. The minimum Gasteiger partial charge on any atom is -0.489 e. The number of oxazole rings is 1. The molecule has 12 nitrogen and oxygen atoms in total. The topological polar surface area (TPSA) is 183 Å². The van der Waals surface area contributed by atoms with E-state index in [0.717, 1.165) is 5.56 Å². The molecule has 0 aliphatic carbocycles. The van der Waals surface area contributed by atoms with Gasteiger partial charge in [0.1, 0.15) is 41.1 Å². The molecule has 0 unspecified atom stereocenters. The number of hydrogen-bond acceptors (Lipinski definition) is 9. The van der Waals surface area contributed by atoms with Crippen LogP contribution in [0.2, 0.25) is 0 Å². The number of halogens is 1. The van der Waals surface area contributed by atoms with Gasteiger partial charge in [0, 0.05) is 28.3 Å². The van der Waals surface area contributed by atoms with Crippen molar-refractivity contribution in [3.63, 3.8) is 0 Å². The number of nitrogens with zero attached hydrogens (tertiary/aromatic N) is 3. The number of aliphatic hydroxyl groups is 1. The highest BCUT2D eigenvalue weighted by atomic mass is 19.1. The van der Waals surface area contributed by atoms with E-state index >= 15 is 0 Å². The van der Waals surface area contributed by atoms with Crippen LogP contribution in [0, 0.1) is 19.7 Å². The maximum absolute atomic E-state index is 13.7. The Morgan fingerprint density at radius 3 is 2.51 bits per heavy atom. The number of carbonyl (C=O) groups excluding carboxylic acids is 3. The lowest BCUT2D eigenvalue weighted by Gasteiger charge is -2.26. The van der Waals surface area contributed by atoms with Crippen LogP contribution in [0.15, 0.2) is 65.4 Å². The zero-order valence-electron chi connectivity index (χ0n) is 26.0. The summed E-state index contributed by atoms with van der Waals surface area (Å²) in [6.45, 7) is 6.29. The van der Waals surface area contributed by atoms with E-state index in [1.54, 1.807) is 26.1 Å². The molecular formula is C34H31FN6O6. The standard InChI is InChI=1S/C34H31FN6O6/c1-17-9-20-10-21(11-24(26(20)37-13-17)40-30(43)31-39-18(2)14-46-31)29(42)38-15-34(4,45)25-12-23-28(47-16-33(23,3)32(36)44)27(41-25)19-5-7-22(35)8-6-19/h5-14,45H,15-16H2,1-4H3,(H2,36,44)(H,38,42)(H,40,43)/t33-,34-/m0/s1. The van der Waals surface area contributed by atoms with E-state index in [-0.39, 0.29) is 41.7 Å². The Balaban J connectivity index is 1.32. The summed E-state index contributed by atoms with van der Waals surface area (Å²) in [6.07, 6.45) is 2.99. The second-order valence-electron chi connectivity index (χ2n) is 12.0. The second kappa shape index (κ2) is 11.6. The van der Waals surface area contributed by atoms with Crippen LogP contribution in [0.3, 0.4) is 0 Å². The highest BCUT2D eigenvalue weighted by Crippen LogP contribution is 2.45. The molecule has 3 aromatic heterocycles. The fraction of sp³-hybridized carbons (Fsp3) is 0.235. The van der Waals surface area contributed by atoms with Crippen molar-refractivity contribution in [2.24, 2.45) is 5.73 Å². The zero-order valence-corrected chi connectivity index (χ0v) is 26.0. The number of fused-ring (bicyclic) bond motifs is 2. The number of nitrogens with two attached hydrogens (primary N) is 1. The monoisotopic (exact) mass is 638 g/mol. The number of ether oxygens (including phenoxy) is 1. The van der Waals surface area contributed by atoms with E-state index in [0.29, 0.717) is 33.5 Å². The highest BCUT2D eigenvalue weighted by Gasteiger charge is 2.45. The fourth-order valence-electron chi connectivity index (χ4n) is 5.33. The Morgan fingerprint density at radius 2 is 1.83 bits per heavy atom. The molecule has 0 fully saturated rings. The SMILES string of the molecule is Cc1cnc2c(NC(=O)c3nc(C)co3)cc(C(=O)NC[C@](C)(O)c3cc4c(c(-c5ccc(F)cc5)n3)OC[C@]4(C)C(N)=O)cc2c1. The molecule has 5 N–H and O–H groups in total. The molecule has 6 rings (SSSR count). The summed E-state index contributed by atoms with van der Waals surface area (Å²) >= 11 is 0. The minimum atomic E-state index is -1.75. The van der Waals surface area contributed by atoms with Gasteiger partial charge in [-0.1, -0.05) is 0 Å². The van der Waals surface area contributed by atoms with E-state index in [9.17, 15) is 23.9 Å². The van der Waals surface area contributed by atoms with Crippen LogP contribution in [0.1, 0.15) is 57.4 Å². The zero-order chi connectivity index (χ0) is 33.7. The molecule has 47 heavy (non-hydrogen) atoms. The first kappa shape index (κ1) is 31.3. The van der Waals surface area contributed by atoms with Gasteiger partial charge in [0.2, 0.25) is 5.91 Å². The van der Waals surface area contributed by atoms with E-state index in [1.165, 1.54) is 49.6 Å². The molecule has 3 amide bonds. The predicted molar refractivity (Wildman–Crippen MR) is 169 cm³/mol. The summed E-state index contributed by atoms with van der Waals surface area (Å²) in [6, 6.07) is 12.0. The Bertz CT molecular complexity index is 2080. The van der Waals surface area contributed by atoms with Gasteiger partial charge in [0.25, 0.3) is 11.8 Å².